The lowest BCUT2D eigenvalue weighted by Crippen LogP contribution is -2.27. The van der Waals surface area contributed by atoms with Crippen molar-refractivity contribution in [2.75, 3.05) is 5.32 Å². The first-order chi connectivity index (χ1) is 20.3. The van der Waals surface area contributed by atoms with Crippen molar-refractivity contribution in [1.82, 2.24) is 29.5 Å². The van der Waals surface area contributed by atoms with E-state index in [0.717, 1.165) is 0 Å². The van der Waals surface area contributed by atoms with E-state index >= 15 is 4.39 Å². The van der Waals surface area contributed by atoms with Crippen molar-refractivity contribution in [2.24, 2.45) is 5.92 Å². The number of halogens is 3. The zero-order chi connectivity index (χ0) is 29.4. The molecular formula is C30H24ClF2N7O2. The minimum Gasteiger partial charge on any atom is -0.325 e. The molecule has 12 heteroatoms. The minimum absolute atomic E-state index is 0.00883. The van der Waals surface area contributed by atoms with Crippen LogP contribution >= 0.6 is 11.6 Å². The zero-order valence-electron chi connectivity index (χ0n) is 22.3. The average Bonchev–Trinajstić information content (AvgIpc) is 3.52. The quantitative estimate of drug-likeness (QED) is 0.284. The third-order valence-electron chi connectivity index (χ3n) is 7.41. The fourth-order valence-corrected chi connectivity index (χ4v) is 5.35. The Bertz CT molecular complexity index is 1860. The molecule has 4 heterocycles. The summed E-state index contributed by atoms with van der Waals surface area (Å²) in [6, 6.07) is 11.3. The Morgan fingerprint density at radius 2 is 1.86 bits per heavy atom. The van der Waals surface area contributed by atoms with E-state index in [1.807, 2.05) is 6.92 Å². The highest BCUT2D eigenvalue weighted by molar-refractivity contribution is 6.31. The number of rotatable bonds is 3. The minimum atomic E-state index is -0.743. The number of anilines is 1. The SMILES string of the molecule is C[C@@H]1CCC[C@H](n2cnc(-c3c(-n4ccnn4)ccc(Cl)c3F)cc2=O)c2cc(ccn2)-c2cc(F)ccc2NC1=O. The van der Waals surface area contributed by atoms with Crippen LogP contribution in [0, 0.1) is 17.6 Å². The Balaban J connectivity index is 1.46. The van der Waals surface area contributed by atoms with Crippen molar-refractivity contribution in [3.8, 4) is 28.1 Å². The van der Waals surface area contributed by atoms with Gasteiger partial charge in [0.05, 0.1) is 52.4 Å². The Morgan fingerprint density at radius 1 is 1.00 bits per heavy atom. The maximum Gasteiger partial charge on any atom is 0.254 e. The van der Waals surface area contributed by atoms with Crippen LogP contribution in [0.4, 0.5) is 14.5 Å². The molecule has 42 heavy (non-hydrogen) atoms. The van der Waals surface area contributed by atoms with E-state index in [1.54, 1.807) is 30.6 Å². The maximum atomic E-state index is 15.3. The zero-order valence-corrected chi connectivity index (χ0v) is 23.1. The van der Waals surface area contributed by atoms with Crippen LogP contribution < -0.4 is 10.9 Å². The van der Waals surface area contributed by atoms with E-state index in [2.05, 4.69) is 25.6 Å². The third-order valence-corrected chi connectivity index (χ3v) is 7.70. The van der Waals surface area contributed by atoms with E-state index in [-0.39, 0.29) is 28.1 Å². The predicted octanol–water partition coefficient (Wildman–Crippen LogP) is 5.83. The fraction of sp³-hybridized carbons (Fsp3) is 0.200. The highest BCUT2D eigenvalue weighted by Gasteiger charge is 2.24. The van der Waals surface area contributed by atoms with Gasteiger partial charge in [-0.25, -0.2) is 18.4 Å². The second-order valence-corrected chi connectivity index (χ2v) is 10.5. The molecule has 0 unspecified atom stereocenters. The van der Waals surface area contributed by atoms with Gasteiger partial charge in [-0.05, 0) is 60.9 Å². The van der Waals surface area contributed by atoms with Crippen molar-refractivity contribution >= 4 is 23.2 Å². The van der Waals surface area contributed by atoms with Crippen molar-refractivity contribution in [1.29, 1.82) is 0 Å². The van der Waals surface area contributed by atoms with Crippen molar-refractivity contribution < 1.29 is 13.6 Å². The molecule has 1 N–H and O–H groups in total. The van der Waals surface area contributed by atoms with E-state index in [0.29, 0.717) is 47.5 Å². The van der Waals surface area contributed by atoms with Crippen LogP contribution in [0.1, 0.15) is 37.9 Å². The Morgan fingerprint density at radius 3 is 2.64 bits per heavy atom. The monoisotopic (exact) mass is 587 g/mol. The normalized spacial score (nSPS) is 17.1. The molecule has 0 spiro atoms. The predicted molar refractivity (Wildman–Crippen MR) is 153 cm³/mol. The molecule has 0 saturated carbocycles. The number of hydrogen-bond acceptors (Lipinski definition) is 6. The summed E-state index contributed by atoms with van der Waals surface area (Å²) in [5, 5.41) is 10.5. The van der Waals surface area contributed by atoms with Crippen LogP contribution in [0.2, 0.25) is 5.02 Å². The largest absolute Gasteiger partial charge is 0.325 e. The third kappa shape index (κ3) is 5.18. The van der Waals surface area contributed by atoms with Crippen LogP contribution in [-0.4, -0.2) is 35.4 Å². The van der Waals surface area contributed by atoms with Gasteiger partial charge in [0.2, 0.25) is 5.91 Å². The van der Waals surface area contributed by atoms with Crippen molar-refractivity contribution in [2.45, 2.75) is 32.2 Å². The Labute approximate surface area is 243 Å². The van der Waals surface area contributed by atoms with Gasteiger partial charge in [0.1, 0.15) is 5.82 Å². The van der Waals surface area contributed by atoms with Gasteiger partial charge in [-0.1, -0.05) is 30.2 Å². The first-order valence-electron chi connectivity index (χ1n) is 13.3. The summed E-state index contributed by atoms with van der Waals surface area (Å²) in [5.41, 5.74) is 2.14. The standard InChI is InChI=1S/C30H24ClF2N7O2/c1-17-3-2-4-25(23-13-18(9-10-34-23)20-14-19(32)5-7-22(20)37-30(17)42)39-16-35-24(15-27(39)41)28-26(40-12-11-36-38-40)8-6-21(31)29(28)33/h5-17,25H,2-4H2,1H3,(H,37,42)/t17-,25+/m1/s1. The second kappa shape index (κ2) is 11.2. The molecule has 0 fully saturated rings. The van der Waals surface area contributed by atoms with Crippen LogP contribution in [0.25, 0.3) is 28.1 Å². The number of amides is 1. The lowest BCUT2D eigenvalue weighted by molar-refractivity contribution is -0.119. The lowest BCUT2D eigenvalue weighted by atomic mass is 9.95. The lowest BCUT2D eigenvalue weighted by Gasteiger charge is -2.23. The number of carbonyl (C=O) groups is 1. The van der Waals surface area contributed by atoms with E-state index in [9.17, 15) is 14.0 Å². The number of fused-ring (bicyclic) bond motifs is 4. The molecule has 6 rings (SSSR count). The molecule has 2 bridgehead atoms. The molecule has 212 valence electrons. The molecule has 2 aromatic carbocycles. The van der Waals surface area contributed by atoms with E-state index in [4.69, 9.17) is 11.6 Å². The van der Waals surface area contributed by atoms with Crippen molar-refractivity contribution in [3.63, 3.8) is 0 Å². The Hall–Kier alpha value is -4.77. The molecule has 9 nitrogen and oxygen atoms in total. The molecule has 5 aromatic rings. The van der Waals surface area contributed by atoms with Crippen LogP contribution in [0.15, 0.2) is 78.2 Å². The van der Waals surface area contributed by atoms with Gasteiger partial charge >= 0.3 is 0 Å². The summed E-state index contributed by atoms with van der Waals surface area (Å²) < 4.78 is 32.4. The Kier molecular flexibility index (Phi) is 7.34. The smallest absolute Gasteiger partial charge is 0.254 e. The average molecular weight is 588 g/mol. The van der Waals surface area contributed by atoms with Crippen LogP contribution in [0.5, 0.6) is 0 Å². The molecular weight excluding hydrogens is 564 g/mol. The second-order valence-electron chi connectivity index (χ2n) is 10.1. The summed E-state index contributed by atoms with van der Waals surface area (Å²) in [6.07, 6.45) is 7.56. The van der Waals surface area contributed by atoms with Gasteiger partial charge in [-0.3, -0.25) is 19.1 Å². The fourth-order valence-electron chi connectivity index (χ4n) is 5.19. The molecule has 0 radical (unpaired) electrons. The van der Waals surface area contributed by atoms with Gasteiger partial charge in [-0.2, -0.15) is 0 Å². The van der Waals surface area contributed by atoms with Gasteiger partial charge in [0.15, 0.2) is 5.82 Å². The molecule has 2 atom stereocenters. The molecule has 1 amide bonds. The number of carbonyl (C=O) groups excluding carboxylic acids is 1. The molecule has 0 saturated heterocycles. The summed E-state index contributed by atoms with van der Waals surface area (Å²) in [6.45, 7) is 1.82. The number of pyridine rings is 1. The van der Waals surface area contributed by atoms with Crippen molar-refractivity contribution in [3.05, 3.63) is 106 Å². The van der Waals surface area contributed by atoms with Crippen LogP contribution in [-0.2, 0) is 4.79 Å². The highest BCUT2D eigenvalue weighted by atomic mass is 35.5. The van der Waals surface area contributed by atoms with Crippen LogP contribution in [0.3, 0.4) is 0 Å². The number of nitrogens with one attached hydrogen (secondary N) is 1. The summed E-state index contributed by atoms with van der Waals surface area (Å²) in [5.74, 6) is -1.70. The van der Waals surface area contributed by atoms with Gasteiger partial charge < -0.3 is 5.32 Å². The highest BCUT2D eigenvalue weighted by Crippen LogP contribution is 2.34. The molecule has 0 aliphatic carbocycles. The summed E-state index contributed by atoms with van der Waals surface area (Å²) in [4.78, 5) is 35.6. The first kappa shape index (κ1) is 27.4. The molecule has 1 aliphatic heterocycles. The van der Waals surface area contributed by atoms with Gasteiger partial charge in [0, 0.05) is 29.4 Å². The molecule has 1 aliphatic rings. The number of nitrogens with zero attached hydrogens (tertiary/aromatic N) is 6. The van der Waals surface area contributed by atoms with Gasteiger partial charge in [-0.15, -0.1) is 5.10 Å². The summed E-state index contributed by atoms with van der Waals surface area (Å²) in [7, 11) is 0. The topological polar surface area (TPSA) is 108 Å². The number of hydrogen-bond donors (Lipinski definition) is 1. The first-order valence-corrected chi connectivity index (χ1v) is 13.7. The number of aromatic nitrogens is 6. The number of benzene rings is 2. The summed E-state index contributed by atoms with van der Waals surface area (Å²) >= 11 is 6.09. The molecule has 3 aromatic heterocycles. The van der Waals surface area contributed by atoms with Gasteiger partial charge in [0.25, 0.3) is 5.56 Å². The van der Waals surface area contributed by atoms with E-state index in [1.165, 1.54) is 52.1 Å². The van der Waals surface area contributed by atoms with E-state index < -0.39 is 23.2 Å². The maximum absolute atomic E-state index is 15.3.